The summed E-state index contributed by atoms with van der Waals surface area (Å²) in [7, 11) is 0. The maximum Gasteiger partial charge on any atom is 0.239 e. The highest BCUT2D eigenvalue weighted by Gasteiger charge is 2.00. The standard InChI is InChI=1S/C15H24N2O2/c1-13(2)8-10-19-11-9-16-15(18)12-17-14-6-4-3-5-7-14/h3-7,13,17H,8-12H2,1-2H3,(H,16,18). The van der Waals surface area contributed by atoms with Crippen molar-refractivity contribution >= 4 is 11.6 Å². The smallest absolute Gasteiger partial charge is 0.239 e. The number of carbonyl (C=O) groups excluding carboxylic acids is 1. The number of anilines is 1. The van der Waals surface area contributed by atoms with E-state index in [4.69, 9.17) is 4.74 Å². The molecular weight excluding hydrogens is 240 g/mol. The molecule has 1 amide bonds. The second-order valence-electron chi connectivity index (χ2n) is 4.86. The van der Waals surface area contributed by atoms with Gasteiger partial charge in [-0.1, -0.05) is 32.0 Å². The van der Waals surface area contributed by atoms with Gasteiger partial charge in [0.2, 0.25) is 5.91 Å². The van der Waals surface area contributed by atoms with E-state index in [0.717, 1.165) is 18.7 Å². The topological polar surface area (TPSA) is 50.4 Å². The first kappa shape index (κ1) is 15.5. The Morgan fingerprint density at radius 3 is 2.63 bits per heavy atom. The summed E-state index contributed by atoms with van der Waals surface area (Å²) in [6.45, 7) is 6.52. The molecule has 0 aliphatic carbocycles. The summed E-state index contributed by atoms with van der Waals surface area (Å²) in [5.74, 6) is 0.640. The van der Waals surface area contributed by atoms with Crippen molar-refractivity contribution in [3.63, 3.8) is 0 Å². The van der Waals surface area contributed by atoms with E-state index in [1.54, 1.807) is 0 Å². The number of hydrogen-bond acceptors (Lipinski definition) is 3. The van der Waals surface area contributed by atoms with Crippen molar-refractivity contribution in [1.82, 2.24) is 5.32 Å². The van der Waals surface area contributed by atoms with Crippen LogP contribution in [0.1, 0.15) is 20.3 Å². The Morgan fingerprint density at radius 1 is 1.21 bits per heavy atom. The van der Waals surface area contributed by atoms with Crippen LogP contribution in [0.25, 0.3) is 0 Å². The third kappa shape index (κ3) is 8.21. The molecule has 0 saturated heterocycles. The molecule has 0 heterocycles. The fraction of sp³-hybridized carbons (Fsp3) is 0.533. The van der Waals surface area contributed by atoms with Crippen LogP contribution in [0.3, 0.4) is 0 Å². The van der Waals surface area contributed by atoms with Gasteiger partial charge >= 0.3 is 0 Å². The molecule has 0 aliphatic rings. The lowest BCUT2D eigenvalue weighted by atomic mass is 10.1. The van der Waals surface area contributed by atoms with Crippen LogP contribution in [0.5, 0.6) is 0 Å². The first-order valence-corrected chi connectivity index (χ1v) is 6.82. The van der Waals surface area contributed by atoms with Gasteiger partial charge in [0.15, 0.2) is 0 Å². The molecule has 1 aromatic rings. The van der Waals surface area contributed by atoms with Crippen molar-refractivity contribution in [2.24, 2.45) is 5.92 Å². The highest BCUT2D eigenvalue weighted by atomic mass is 16.5. The lowest BCUT2D eigenvalue weighted by Crippen LogP contribution is -2.32. The Bertz CT molecular complexity index is 352. The SMILES string of the molecule is CC(C)CCOCCNC(=O)CNc1ccccc1. The Hall–Kier alpha value is -1.55. The molecule has 4 heteroatoms. The molecule has 2 N–H and O–H groups in total. The van der Waals surface area contributed by atoms with Crippen molar-refractivity contribution in [3.8, 4) is 0 Å². The number of amides is 1. The van der Waals surface area contributed by atoms with E-state index < -0.39 is 0 Å². The van der Waals surface area contributed by atoms with Gasteiger partial charge in [-0.05, 0) is 24.5 Å². The van der Waals surface area contributed by atoms with Gasteiger partial charge in [0.25, 0.3) is 0 Å². The molecule has 19 heavy (non-hydrogen) atoms. The van der Waals surface area contributed by atoms with Crippen LogP contribution in [0.4, 0.5) is 5.69 Å². The van der Waals surface area contributed by atoms with E-state index in [9.17, 15) is 4.79 Å². The number of rotatable bonds is 9. The lowest BCUT2D eigenvalue weighted by Gasteiger charge is -2.09. The molecule has 0 saturated carbocycles. The fourth-order valence-corrected chi connectivity index (χ4v) is 1.48. The van der Waals surface area contributed by atoms with Gasteiger partial charge in [-0.2, -0.15) is 0 Å². The normalized spacial score (nSPS) is 10.5. The molecule has 0 aromatic heterocycles. The van der Waals surface area contributed by atoms with E-state index in [1.807, 2.05) is 30.3 Å². The second kappa shape index (κ2) is 9.39. The zero-order valence-corrected chi connectivity index (χ0v) is 11.8. The summed E-state index contributed by atoms with van der Waals surface area (Å²) in [4.78, 5) is 11.5. The van der Waals surface area contributed by atoms with E-state index in [0.29, 0.717) is 19.1 Å². The maximum absolute atomic E-state index is 11.5. The summed E-state index contributed by atoms with van der Waals surface area (Å²) in [6, 6.07) is 9.68. The average Bonchev–Trinajstić information content (AvgIpc) is 2.41. The monoisotopic (exact) mass is 264 g/mol. The summed E-state index contributed by atoms with van der Waals surface area (Å²) in [5.41, 5.74) is 0.950. The highest BCUT2D eigenvalue weighted by Crippen LogP contribution is 2.03. The van der Waals surface area contributed by atoms with E-state index in [1.165, 1.54) is 0 Å². The first-order chi connectivity index (χ1) is 9.18. The van der Waals surface area contributed by atoms with Crippen molar-refractivity contribution in [3.05, 3.63) is 30.3 Å². The van der Waals surface area contributed by atoms with Gasteiger partial charge in [0, 0.05) is 18.8 Å². The molecule has 1 rings (SSSR count). The molecule has 0 unspecified atom stereocenters. The van der Waals surface area contributed by atoms with Gasteiger partial charge in [0.05, 0.1) is 13.2 Å². The quantitative estimate of drug-likeness (QED) is 0.673. The minimum atomic E-state index is -0.0173. The predicted molar refractivity (Wildman–Crippen MR) is 78.2 cm³/mol. The predicted octanol–water partition coefficient (Wildman–Crippen LogP) is 2.28. The molecular formula is C15H24N2O2. The molecule has 0 spiro atoms. The Balaban J connectivity index is 1.99. The second-order valence-corrected chi connectivity index (χ2v) is 4.86. The number of ether oxygens (including phenoxy) is 1. The van der Waals surface area contributed by atoms with Gasteiger partial charge in [0.1, 0.15) is 0 Å². The van der Waals surface area contributed by atoms with Crippen molar-refractivity contribution < 1.29 is 9.53 Å². The van der Waals surface area contributed by atoms with Crippen LogP contribution in [-0.4, -0.2) is 32.2 Å². The van der Waals surface area contributed by atoms with Crippen molar-refractivity contribution in [2.75, 3.05) is 31.6 Å². The maximum atomic E-state index is 11.5. The summed E-state index contributed by atoms with van der Waals surface area (Å²) >= 11 is 0. The van der Waals surface area contributed by atoms with Crippen molar-refractivity contribution in [2.45, 2.75) is 20.3 Å². The van der Waals surface area contributed by atoms with Crippen LogP contribution in [0.2, 0.25) is 0 Å². The summed E-state index contributed by atoms with van der Waals surface area (Å²) in [6.07, 6.45) is 1.06. The van der Waals surface area contributed by atoms with E-state index in [2.05, 4.69) is 24.5 Å². The Kier molecular flexibility index (Phi) is 7.66. The van der Waals surface area contributed by atoms with Crippen LogP contribution in [0, 0.1) is 5.92 Å². The van der Waals surface area contributed by atoms with Gasteiger partial charge < -0.3 is 15.4 Å². The molecule has 1 aromatic carbocycles. The largest absolute Gasteiger partial charge is 0.380 e. The van der Waals surface area contributed by atoms with Gasteiger partial charge in [-0.3, -0.25) is 4.79 Å². The van der Waals surface area contributed by atoms with E-state index >= 15 is 0 Å². The Morgan fingerprint density at radius 2 is 1.95 bits per heavy atom. The number of para-hydroxylation sites is 1. The molecule has 106 valence electrons. The third-order valence-electron chi connectivity index (χ3n) is 2.63. The molecule has 4 nitrogen and oxygen atoms in total. The van der Waals surface area contributed by atoms with Crippen molar-refractivity contribution in [1.29, 1.82) is 0 Å². The molecule has 0 bridgehead atoms. The van der Waals surface area contributed by atoms with Crippen LogP contribution in [0.15, 0.2) is 30.3 Å². The molecule has 0 fully saturated rings. The number of benzene rings is 1. The Labute approximate surface area is 115 Å². The number of hydrogen-bond donors (Lipinski definition) is 2. The van der Waals surface area contributed by atoms with Gasteiger partial charge in [-0.15, -0.1) is 0 Å². The highest BCUT2D eigenvalue weighted by molar-refractivity contribution is 5.80. The van der Waals surface area contributed by atoms with Crippen LogP contribution >= 0.6 is 0 Å². The minimum absolute atomic E-state index is 0.0173. The summed E-state index contributed by atoms with van der Waals surface area (Å²) in [5, 5.41) is 5.87. The third-order valence-corrected chi connectivity index (χ3v) is 2.63. The van der Waals surface area contributed by atoms with Crippen LogP contribution in [-0.2, 0) is 9.53 Å². The average molecular weight is 264 g/mol. The zero-order valence-electron chi connectivity index (χ0n) is 11.8. The van der Waals surface area contributed by atoms with E-state index in [-0.39, 0.29) is 12.5 Å². The molecule has 0 aliphatic heterocycles. The van der Waals surface area contributed by atoms with Gasteiger partial charge in [-0.25, -0.2) is 0 Å². The molecule has 0 atom stereocenters. The fourth-order valence-electron chi connectivity index (χ4n) is 1.48. The minimum Gasteiger partial charge on any atom is -0.380 e. The molecule has 0 radical (unpaired) electrons. The first-order valence-electron chi connectivity index (χ1n) is 6.82. The zero-order chi connectivity index (χ0) is 13.9. The lowest BCUT2D eigenvalue weighted by molar-refractivity contribution is -0.119. The van der Waals surface area contributed by atoms with Crippen LogP contribution < -0.4 is 10.6 Å². The summed E-state index contributed by atoms with van der Waals surface area (Å²) < 4.78 is 5.42. The number of carbonyl (C=O) groups is 1. The number of nitrogens with one attached hydrogen (secondary N) is 2.